The van der Waals surface area contributed by atoms with Gasteiger partial charge in [-0.25, -0.2) is 9.37 Å². The maximum Gasteiger partial charge on any atom is 0.313 e. The van der Waals surface area contributed by atoms with Crippen LogP contribution in [0.15, 0.2) is 24.4 Å². The van der Waals surface area contributed by atoms with E-state index in [4.69, 9.17) is 16.3 Å². The van der Waals surface area contributed by atoms with Crippen LogP contribution in [0, 0.1) is 15.9 Å². The first-order valence-electron chi connectivity index (χ1n) is 4.73. The Labute approximate surface area is 110 Å². The van der Waals surface area contributed by atoms with Crippen molar-refractivity contribution in [2.45, 2.75) is 6.61 Å². The average Bonchev–Trinajstić information content (AvgIpc) is 2.73. The van der Waals surface area contributed by atoms with Gasteiger partial charge in [0.1, 0.15) is 12.4 Å². The van der Waals surface area contributed by atoms with Gasteiger partial charge < -0.3 is 4.74 Å². The van der Waals surface area contributed by atoms with E-state index in [1.165, 1.54) is 23.6 Å². The molecule has 2 aromatic rings. The summed E-state index contributed by atoms with van der Waals surface area (Å²) >= 11 is 6.85. The molecular weight excluding hydrogens is 283 g/mol. The number of nitro groups is 1. The molecule has 5 nitrogen and oxygen atoms in total. The van der Waals surface area contributed by atoms with E-state index in [0.29, 0.717) is 4.47 Å². The molecule has 0 N–H and O–H groups in total. The van der Waals surface area contributed by atoms with Gasteiger partial charge in [-0.05, 0) is 12.1 Å². The molecule has 2 rings (SSSR count). The summed E-state index contributed by atoms with van der Waals surface area (Å²) in [5.74, 6) is -0.680. The first-order chi connectivity index (χ1) is 8.56. The number of hydrogen-bond donors (Lipinski definition) is 0. The van der Waals surface area contributed by atoms with Crippen molar-refractivity contribution in [3.63, 3.8) is 0 Å². The minimum atomic E-state index is -0.696. The summed E-state index contributed by atoms with van der Waals surface area (Å²) in [6.07, 6.45) is 1.52. The molecule has 0 spiro atoms. The Balaban J connectivity index is 2.16. The first kappa shape index (κ1) is 12.7. The Kier molecular flexibility index (Phi) is 3.73. The summed E-state index contributed by atoms with van der Waals surface area (Å²) in [6.45, 7) is 0.0941. The van der Waals surface area contributed by atoms with Crippen LogP contribution in [0.1, 0.15) is 4.88 Å². The molecular formula is C10H6ClFN2O3S. The van der Waals surface area contributed by atoms with Gasteiger partial charge in [-0.3, -0.25) is 10.1 Å². The number of aromatic nitrogens is 1. The lowest BCUT2D eigenvalue weighted by Crippen LogP contribution is -1.98. The summed E-state index contributed by atoms with van der Waals surface area (Å²) in [6, 6.07) is 3.13. The highest BCUT2D eigenvalue weighted by molar-refractivity contribution is 7.15. The van der Waals surface area contributed by atoms with Crippen LogP contribution in [0.2, 0.25) is 4.47 Å². The number of ether oxygens (including phenoxy) is 1. The first-order valence-corrected chi connectivity index (χ1v) is 5.92. The highest BCUT2D eigenvalue weighted by Crippen LogP contribution is 2.29. The molecule has 0 aliphatic heterocycles. The second kappa shape index (κ2) is 5.28. The van der Waals surface area contributed by atoms with Gasteiger partial charge in [-0.1, -0.05) is 11.6 Å². The van der Waals surface area contributed by atoms with Crippen molar-refractivity contribution in [3.05, 3.63) is 49.7 Å². The third-order valence-electron chi connectivity index (χ3n) is 2.01. The van der Waals surface area contributed by atoms with Gasteiger partial charge in [-0.2, -0.15) is 0 Å². The Morgan fingerprint density at radius 1 is 1.56 bits per heavy atom. The van der Waals surface area contributed by atoms with Crippen molar-refractivity contribution in [2.75, 3.05) is 0 Å². The molecule has 0 aliphatic carbocycles. The van der Waals surface area contributed by atoms with Gasteiger partial charge in [-0.15, -0.1) is 11.3 Å². The summed E-state index contributed by atoms with van der Waals surface area (Å²) in [4.78, 5) is 14.6. The molecule has 0 aliphatic rings. The van der Waals surface area contributed by atoms with Crippen LogP contribution in [0.4, 0.5) is 10.1 Å². The molecule has 0 amide bonds. The molecule has 94 valence electrons. The Morgan fingerprint density at radius 3 is 2.94 bits per heavy atom. The number of rotatable bonds is 4. The van der Waals surface area contributed by atoms with Gasteiger partial charge >= 0.3 is 5.69 Å². The van der Waals surface area contributed by atoms with Crippen molar-refractivity contribution >= 4 is 28.6 Å². The smallest absolute Gasteiger partial charge is 0.313 e. The second-order valence-electron chi connectivity index (χ2n) is 3.24. The lowest BCUT2D eigenvalue weighted by atomic mass is 10.3. The second-order valence-corrected chi connectivity index (χ2v) is 4.93. The number of thiazole rings is 1. The van der Waals surface area contributed by atoms with Gasteiger partial charge in [0, 0.05) is 6.20 Å². The lowest BCUT2D eigenvalue weighted by molar-refractivity contribution is -0.386. The van der Waals surface area contributed by atoms with Gasteiger partial charge in [0.05, 0.1) is 15.9 Å². The predicted molar refractivity (Wildman–Crippen MR) is 64.5 cm³/mol. The molecule has 0 bridgehead atoms. The number of halogens is 2. The standard InChI is InChI=1S/C10H6ClFN2O3S/c11-10-13-4-7(18-10)5-17-9-2-1-6(12)3-8(9)14(15)16/h1-4H,5H2. The molecule has 1 heterocycles. The van der Waals surface area contributed by atoms with Crippen LogP contribution in [-0.4, -0.2) is 9.91 Å². The van der Waals surface area contributed by atoms with Crippen molar-refractivity contribution in [3.8, 4) is 5.75 Å². The van der Waals surface area contributed by atoms with E-state index in [2.05, 4.69) is 4.98 Å². The third-order valence-corrected chi connectivity index (χ3v) is 3.10. The van der Waals surface area contributed by atoms with E-state index in [-0.39, 0.29) is 12.4 Å². The van der Waals surface area contributed by atoms with Crippen LogP contribution >= 0.6 is 22.9 Å². The maximum absolute atomic E-state index is 12.9. The van der Waals surface area contributed by atoms with E-state index in [0.717, 1.165) is 17.0 Å². The summed E-state index contributed by atoms with van der Waals surface area (Å²) in [5, 5.41) is 10.7. The Hall–Kier alpha value is -1.73. The quantitative estimate of drug-likeness (QED) is 0.638. The molecule has 18 heavy (non-hydrogen) atoms. The number of benzene rings is 1. The third kappa shape index (κ3) is 2.93. The molecule has 1 aromatic carbocycles. The fourth-order valence-electron chi connectivity index (χ4n) is 1.25. The molecule has 0 saturated carbocycles. The zero-order valence-corrected chi connectivity index (χ0v) is 10.4. The van der Waals surface area contributed by atoms with Crippen molar-refractivity contribution < 1.29 is 14.1 Å². The van der Waals surface area contributed by atoms with Crippen LogP contribution in [0.5, 0.6) is 5.75 Å². The molecule has 0 atom stereocenters. The zero-order valence-electron chi connectivity index (χ0n) is 8.80. The SMILES string of the molecule is O=[N+]([O-])c1cc(F)ccc1OCc1cnc(Cl)s1. The molecule has 8 heteroatoms. The summed E-state index contributed by atoms with van der Waals surface area (Å²) < 4.78 is 18.5. The van der Waals surface area contributed by atoms with Crippen LogP contribution in [0.25, 0.3) is 0 Å². The van der Waals surface area contributed by atoms with Crippen LogP contribution in [-0.2, 0) is 6.61 Å². The number of nitro benzene ring substituents is 1. The summed E-state index contributed by atoms with van der Waals surface area (Å²) in [5.41, 5.74) is -0.411. The highest BCUT2D eigenvalue weighted by atomic mass is 35.5. The van der Waals surface area contributed by atoms with Crippen LogP contribution in [0.3, 0.4) is 0 Å². The largest absolute Gasteiger partial charge is 0.481 e. The fraction of sp³-hybridized carbons (Fsp3) is 0.100. The Morgan fingerprint density at radius 2 is 2.33 bits per heavy atom. The monoisotopic (exact) mass is 288 g/mol. The van der Waals surface area contributed by atoms with E-state index in [9.17, 15) is 14.5 Å². The fourth-order valence-corrected chi connectivity index (χ4v) is 2.15. The highest BCUT2D eigenvalue weighted by Gasteiger charge is 2.16. The number of hydrogen-bond acceptors (Lipinski definition) is 5. The minimum Gasteiger partial charge on any atom is -0.481 e. The zero-order chi connectivity index (χ0) is 13.1. The number of nitrogens with zero attached hydrogens (tertiary/aromatic N) is 2. The molecule has 0 fully saturated rings. The van der Waals surface area contributed by atoms with Crippen molar-refractivity contribution in [2.24, 2.45) is 0 Å². The average molecular weight is 289 g/mol. The van der Waals surface area contributed by atoms with E-state index in [1.54, 1.807) is 0 Å². The lowest BCUT2D eigenvalue weighted by Gasteiger charge is -2.04. The molecule has 0 radical (unpaired) electrons. The van der Waals surface area contributed by atoms with E-state index in [1.807, 2.05) is 0 Å². The van der Waals surface area contributed by atoms with Gasteiger partial charge in [0.2, 0.25) is 0 Å². The molecule has 0 saturated heterocycles. The normalized spacial score (nSPS) is 10.3. The maximum atomic E-state index is 12.9. The van der Waals surface area contributed by atoms with Gasteiger partial charge in [0.15, 0.2) is 10.2 Å². The van der Waals surface area contributed by atoms with Gasteiger partial charge in [0.25, 0.3) is 0 Å². The van der Waals surface area contributed by atoms with Crippen molar-refractivity contribution in [1.29, 1.82) is 0 Å². The van der Waals surface area contributed by atoms with Crippen molar-refractivity contribution in [1.82, 2.24) is 4.98 Å². The topological polar surface area (TPSA) is 65.3 Å². The molecule has 1 aromatic heterocycles. The predicted octanol–water partition coefficient (Wildman–Crippen LogP) is 3.42. The van der Waals surface area contributed by atoms with E-state index < -0.39 is 16.4 Å². The minimum absolute atomic E-state index is 0.00548. The van der Waals surface area contributed by atoms with E-state index >= 15 is 0 Å². The Bertz CT molecular complexity index is 590. The molecule has 0 unspecified atom stereocenters. The van der Waals surface area contributed by atoms with Crippen LogP contribution < -0.4 is 4.74 Å². The summed E-state index contributed by atoms with van der Waals surface area (Å²) in [7, 11) is 0.